The van der Waals surface area contributed by atoms with E-state index in [2.05, 4.69) is 0 Å². The van der Waals surface area contributed by atoms with Crippen molar-refractivity contribution in [2.75, 3.05) is 6.61 Å². The summed E-state index contributed by atoms with van der Waals surface area (Å²) in [5.41, 5.74) is 5.93. The molecule has 0 radical (unpaired) electrons. The first kappa shape index (κ1) is 20.7. The lowest BCUT2D eigenvalue weighted by Crippen LogP contribution is -2.48. The van der Waals surface area contributed by atoms with Crippen molar-refractivity contribution < 1.29 is 23.1 Å². The fraction of sp³-hybridized carbons (Fsp3) is 0.636. The number of carbonyl (C=O) groups excluding carboxylic acids is 2. The summed E-state index contributed by atoms with van der Waals surface area (Å²) >= 11 is 0. The maximum Gasteiger partial charge on any atom is 0.310 e. The molecule has 6 heteroatoms. The Balaban J connectivity index is 1.93. The molecule has 1 heterocycles. The van der Waals surface area contributed by atoms with Gasteiger partial charge in [-0.3, -0.25) is 9.59 Å². The van der Waals surface area contributed by atoms with Crippen LogP contribution in [0.15, 0.2) is 0 Å². The van der Waals surface area contributed by atoms with Crippen molar-refractivity contribution >= 4 is 11.9 Å². The van der Waals surface area contributed by atoms with Crippen LogP contribution >= 0.6 is 0 Å². The maximum atomic E-state index is 13.9. The van der Waals surface area contributed by atoms with Gasteiger partial charge in [-0.15, -0.1) is 0 Å². The van der Waals surface area contributed by atoms with E-state index >= 15 is 0 Å². The van der Waals surface area contributed by atoms with Gasteiger partial charge in [0.1, 0.15) is 0 Å². The summed E-state index contributed by atoms with van der Waals surface area (Å²) in [4.78, 5) is 26.5. The number of carbonyl (C=O) groups is 2. The zero-order valence-electron chi connectivity index (χ0n) is 17.2. The molecule has 1 unspecified atom stereocenters. The van der Waals surface area contributed by atoms with Gasteiger partial charge in [0.15, 0.2) is 0 Å². The quantitative estimate of drug-likeness (QED) is 0.721. The number of benzene rings is 1. The molecule has 0 bridgehead atoms. The number of hydrogen-bond acceptors (Lipinski definition) is 3. The maximum absolute atomic E-state index is 13.9. The molecule has 0 N–H and O–H groups in total. The molecule has 1 aliphatic carbocycles. The molecule has 1 atom stereocenters. The van der Waals surface area contributed by atoms with Crippen LogP contribution in [0.5, 0.6) is 0 Å². The normalized spacial score (nSPS) is 21.4. The lowest BCUT2D eigenvalue weighted by molar-refractivity contribution is -0.142. The molecule has 0 saturated heterocycles. The monoisotopic (exact) mass is 393 g/mol. The van der Waals surface area contributed by atoms with Crippen molar-refractivity contribution in [1.82, 2.24) is 4.90 Å². The van der Waals surface area contributed by atoms with Crippen molar-refractivity contribution in [3.63, 3.8) is 0 Å². The van der Waals surface area contributed by atoms with E-state index in [1.165, 1.54) is 0 Å². The second-order valence-corrected chi connectivity index (χ2v) is 8.10. The van der Waals surface area contributed by atoms with Crippen LogP contribution in [-0.4, -0.2) is 35.3 Å². The number of fused-ring (bicyclic) bond motifs is 1. The number of alkyl halides is 2. The molecule has 1 aromatic rings. The van der Waals surface area contributed by atoms with Gasteiger partial charge in [0, 0.05) is 25.4 Å². The van der Waals surface area contributed by atoms with Crippen LogP contribution in [0.25, 0.3) is 0 Å². The Morgan fingerprint density at radius 1 is 1.18 bits per heavy atom. The lowest BCUT2D eigenvalue weighted by Gasteiger charge is -2.41. The summed E-state index contributed by atoms with van der Waals surface area (Å²) in [5, 5.41) is 0. The first-order valence-corrected chi connectivity index (χ1v) is 10.1. The fourth-order valence-electron chi connectivity index (χ4n) is 4.70. The van der Waals surface area contributed by atoms with Crippen LogP contribution in [0.3, 0.4) is 0 Å². The molecule has 1 saturated carbocycles. The summed E-state index contributed by atoms with van der Waals surface area (Å²) in [7, 11) is 0. The molecule has 4 nitrogen and oxygen atoms in total. The van der Waals surface area contributed by atoms with Gasteiger partial charge < -0.3 is 9.64 Å². The van der Waals surface area contributed by atoms with Crippen LogP contribution in [0.4, 0.5) is 8.78 Å². The van der Waals surface area contributed by atoms with Gasteiger partial charge in [0.25, 0.3) is 0 Å². The van der Waals surface area contributed by atoms with E-state index in [1.807, 2.05) is 20.8 Å². The van der Waals surface area contributed by atoms with Gasteiger partial charge in [0.2, 0.25) is 11.8 Å². The number of amides is 1. The number of esters is 1. The lowest BCUT2D eigenvalue weighted by atomic mass is 9.82. The first-order valence-electron chi connectivity index (χ1n) is 10.1. The summed E-state index contributed by atoms with van der Waals surface area (Å²) in [6, 6.07) is -0.399. The van der Waals surface area contributed by atoms with Gasteiger partial charge in [-0.1, -0.05) is 0 Å². The molecule has 1 amide bonds. The Kier molecular flexibility index (Phi) is 5.78. The third kappa shape index (κ3) is 3.91. The van der Waals surface area contributed by atoms with Gasteiger partial charge in [-0.05, 0) is 73.9 Å². The van der Waals surface area contributed by atoms with Gasteiger partial charge in [0.05, 0.1) is 19.4 Å². The second kappa shape index (κ2) is 7.80. The predicted molar refractivity (Wildman–Crippen MR) is 102 cm³/mol. The molecule has 1 aromatic carbocycles. The molecule has 0 aromatic heterocycles. The van der Waals surface area contributed by atoms with Crippen LogP contribution in [0, 0.1) is 20.8 Å². The summed E-state index contributed by atoms with van der Waals surface area (Å²) in [6.07, 6.45) is 1.15. The van der Waals surface area contributed by atoms with E-state index in [-0.39, 0.29) is 37.6 Å². The minimum atomic E-state index is -2.69. The van der Waals surface area contributed by atoms with Gasteiger partial charge in [-0.2, -0.15) is 0 Å². The molecular weight excluding hydrogens is 364 g/mol. The third-order valence-electron chi connectivity index (χ3n) is 6.40. The minimum Gasteiger partial charge on any atom is -0.466 e. The SMILES string of the molecule is CCOC(=O)Cc1c(C)c(C)c2c(c1C)CC(=O)N(C1CCCC(F)(F)C1)C2. The van der Waals surface area contributed by atoms with Crippen molar-refractivity contribution in [1.29, 1.82) is 0 Å². The Morgan fingerprint density at radius 2 is 1.89 bits per heavy atom. The third-order valence-corrected chi connectivity index (χ3v) is 6.40. The second-order valence-electron chi connectivity index (χ2n) is 8.10. The highest BCUT2D eigenvalue weighted by Gasteiger charge is 2.41. The summed E-state index contributed by atoms with van der Waals surface area (Å²) < 4.78 is 32.9. The van der Waals surface area contributed by atoms with Crippen molar-refractivity contribution in [3.8, 4) is 0 Å². The van der Waals surface area contributed by atoms with E-state index in [1.54, 1.807) is 11.8 Å². The predicted octanol–water partition coefficient (Wildman–Crippen LogP) is 4.18. The average molecular weight is 393 g/mol. The van der Waals surface area contributed by atoms with Crippen molar-refractivity contribution in [3.05, 3.63) is 33.4 Å². The molecule has 1 fully saturated rings. The highest BCUT2D eigenvalue weighted by atomic mass is 19.3. The largest absolute Gasteiger partial charge is 0.466 e. The average Bonchev–Trinajstić information content (AvgIpc) is 2.62. The van der Waals surface area contributed by atoms with Gasteiger partial charge >= 0.3 is 5.97 Å². The number of nitrogens with zero attached hydrogens (tertiary/aromatic N) is 1. The standard InChI is InChI=1S/C22H29F2NO3/c1-5-28-21(27)10-17-13(2)14(3)19-12-25(20(26)9-18(19)15(17)4)16-7-6-8-22(23,24)11-16/h16H,5-12H2,1-4H3. The Hall–Kier alpha value is -1.98. The zero-order valence-corrected chi connectivity index (χ0v) is 17.2. The topological polar surface area (TPSA) is 46.6 Å². The number of rotatable bonds is 4. The molecule has 1 aliphatic heterocycles. The molecule has 2 aliphatic rings. The number of hydrogen-bond donors (Lipinski definition) is 0. The Morgan fingerprint density at radius 3 is 2.54 bits per heavy atom. The van der Waals surface area contributed by atoms with E-state index in [0.29, 0.717) is 26.0 Å². The summed E-state index contributed by atoms with van der Waals surface area (Å²) in [5.74, 6) is -3.06. The molecule has 28 heavy (non-hydrogen) atoms. The van der Waals surface area contributed by atoms with Crippen LogP contribution in [-0.2, 0) is 33.7 Å². The Labute approximate surface area is 165 Å². The van der Waals surface area contributed by atoms with E-state index in [4.69, 9.17) is 4.74 Å². The minimum absolute atomic E-state index is 0.0867. The first-order chi connectivity index (χ1) is 13.1. The Bertz CT molecular complexity index is 804. The van der Waals surface area contributed by atoms with Crippen LogP contribution in [0.2, 0.25) is 0 Å². The van der Waals surface area contributed by atoms with Crippen LogP contribution in [0.1, 0.15) is 66.0 Å². The van der Waals surface area contributed by atoms with Crippen molar-refractivity contribution in [2.24, 2.45) is 0 Å². The van der Waals surface area contributed by atoms with E-state index in [9.17, 15) is 18.4 Å². The molecule has 0 spiro atoms. The highest BCUT2D eigenvalue weighted by molar-refractivity contribution is 5.83. The zero-order chi connectivity index (χ0) is 20.6. The number of ether oxygens (including phenoxy) is 1. The van der Waals surface area contributed by atoms with E-state index < -0.39 is 12.0 Å². The van der Waals surface area contributed by atoms with Crippen LogP contribution < -0.4 is 0 Å². The van der Waals surface area contributed by atoms with E-state index in [0.717, 1.165) is 33.4 Å². The van der Waals surface area contributed by atoms with Crippen molar-refractivity contribution in [2.45, 2.75) is 84.7 Å². The fourth-order valence-corrected chi connectivity index (χ4v) is 4.70. The molecule has 154 valence electrons. The summed E-state index contributed by atoms with van der Waals surface area (Å²) in [6.45, 7) is 8.40. The molecule has 3 rings (SSSR count). The highest BCUT2D eigenvalue weighted by Crippen LogP contribution is 2.39. The molecular formula is C22H29F2NO3. The number of halogens is 2. The van der Waals surface area contributed by atoms with Gasteiger partial charge in [-0.25, -0.2) is 8.78 Å². The smallest absolute Gasteiger partial charge is 0.310 e.